The van der Waals surface area contributed by atoms with Crippen molar-refractivity contribution in [1.29, 1.82) is 0 Å². The molecule has 0 radical (unpaired) electrons. The summed E-state index contributed by atoms with van der Waals surface area (Å²) in [6, 6.07) is 0.630. The molecule has 1 heterocycles. The lowest BCUT2D eigenvalue weighted by Gasteiger charge is -2.23. The predicted octanol–water partition coefficient (Wildman–Crippen LogP) is 0.446. The van der Waals surface area contributed by atoms with Crippen molar-refractivity contribution in [2.45, 2.75) is 23.8 Å². The highest BCUT2D eigenvalue weighted by atomic mass is 32.2. The van der Waals surface area contributed by atoms with Crippen molar-refractivity contribution in [1.82, 2.24) is 9.62 Å². The lowest BCUT2D eigenvalue weighted by atomic mass is 10.2. The van der Waals surface area contributed by atoms with Gasteiger partial charge in [-0.2, -0.15) is 4.31 Å². The normalized spacial score (nSPS) is 19.7. The second kappa shape index (κ2) is 5.57. The minimum Gasteiger partial charge on any atom is -0.399 e. The molecular weight excluding hydrogens is 304 g/mol. The lowest BCUT2D eigenvalue weighted by molar-refractivity contribution is -0.123. The Labute approximate surface area is 121 Å². The highest BCUT2D eigenvalue weighted by Crippen LogP contribution is 2.29. The number of nitrogens with two attached hydrogens (primary N) is 1. The van der Waals surface area contributed by atoms with Crippen LogP contribution in [-0.4, -0.2) is 38.3 Å². The lowest BCUT2D eigenvalue weighted by Crippen LogP contribution is -2.45. The summed E-state index contributed by atoms with van der Waals surface area (Å²) < 4.78 is 53.0. The van der Waals surface area contributed by atoms with Crippen LogP contribution >= 0.6 is 0 Å². The number of hydrogen-bond acceptors (Lipinski definition) is 4. The first kappa shape index (κ1) is 15.6. The molecule has 1 aliphatic heterocycles. The van der Waals surface area contributed by atoms with Gasteiger partial charge in [0, 0.05) is 19.3 Å². The average molecular weight is 319 g/mol. The van der Waals surface area contributed by atoms with E-state index in [0.29, 0.717) is 18.9 Å². The Hall–Kier alpha value is -1.74. The molecule has 2 rings (SSSR count). The Morgan fingerprint density at radius 1 is 1.43 bits per heavy atom. The van der Waals surface area contributed by atoms with Crippen LogP contribution in [0, 0.1) is 11.6 Å². The van der Waals surface area contributed by atoms with Crippen molar-refractivity contribution in [3.63, 3.8) is 0 Å². The van der Waals surface area contributed by atoms with E-state index < -0.39 is 38.5 Å². The molecule has 6 nitrogen and oxygen atoms in total. The molecule has 0 saturated carbocycles. The van der Waals surface area contributed by atoms with Gasteiger partial charge in [-0.1, -0.05) is 0 Å². The molecule has 1 fully saturated rings. The van der Waals surface area contributed by atoms with Gasteiger partial charge in [-0.15, -0.1) is 0 Å². The van der Waals surface area contributed by atoms with Gasteiger partial charge in [0.15, 0.2) is 11.6 Å². The number of halogens is 2. The molecule has 0 bridgehead atoms. The summed E-state index contributed by atoms with van der Waals surface area (Å²) in [4.78, 5) is 10.9. The minimum atomic E-state index is -4.34. The number of rotatable bonds is 3. The number of nitrogen functional groups attached to an aromatic ring is 1. The third-order valence-electron chi connectivity index (χ3n) is 3.36. The molecule has 1 amide bonds. The first-order valence-corrected chi connectivity index (χ1v) is 7.71. The predicted molar refractivity (Wildman–Crippen MR) is 71.8 cm³/mol. The zero-order chi connectivity index (χ0) is 15.8. The maximum Gasteiger partial charge on any atom is 0.246 e. The summed E-state index contributed by atoms with van der Waals surface area (Å²) in [6.45, 7) is 0.0658. The number of likely N-dealkylation sites (N-methyl/N-ethyl adjacent to an activating group) is 1. The van der Waals surface area contributed by atoms with Crippen LogP contribution in [0.1, 0.15) is 12.8 Å². The fraction of sp³-hybridized carbons (Fsp3) is 0.417. The van der Waals surface area contributed by atoms with Crippen LogP contribution in [0.5, 0.6) is 0 Å². The Kier molecular flexibility index (Phi) is 4.15. The second-order valence-electron chi connectivity index (χ2n) is 4.70. The molecular formula is C12H15F2N3O3S. The number of sulfonamides is 1. The summed E-state index contributed by atoms with van der Waals surface area (Å²) in [5.41, 5.74) is 5.17. The van der Waals surface area contributed by atoms with E-state index in [4.69, 9.17) is 5.73 Å². The van der Waals surface area contributed by atoms with Crippen molar-refractivity contribution in [3.05, 3.63) is 23.8 Å². The summed E-state index contributed by atoms with van der Waals surface area (Å²) in [5, 5.41) is 2.36. The number of hydrogen-bond donors (Lipinski definition) is 2. The first-order chi connectivity index (χ1) is 9.78. The molecule has 1 unspecified atom stereocenters. The maximum absolute atomic E-state index is 13.8. The summed E-state index contributed by atoms with van der Waals surface area (Å²) in [7, 11) is -2.96. The van der Waals surface area contributed by atoms with E-state index in [-0.39, 0.29) is 12.2 Å². The largest absolute Gasteiger partial charge is 0.399 e. The molecule has 0 aromatic heterocycles. The van der Waals surface area contributed by atoms with Crippen molar-refractivity contribution >= 4 is 21.6 Å². The molecule has 0 spiro atoms. The van der Waals surface area contributed by atoms with Gasteiger partial charge in [-0.05, 0) is 25.0 Å². The summed E-state index contributed by atoms with van der Waals surface area (Å²) in [5.74, 6) is -3.32. The van der Waals surface area contributed by atoms with Gasteiger partial charge in [0.1, 0.15) is 10.9 Å². The molecule has 1 aromatic rings. The van der Waals surface area contributed by atoms with Gasteiger partial charge >= 0.3 is 0 Å². The molecule has 21 heavy (non-hydrogen) atoms. The Morgan fingerprint density at radius 2 is 2.10 bits per heavy atom. The summed E-state index contributed by atoms with van der Waals surface area (Å²) in [6.07, 6.45) is 0.787. The van der Waals surface area contributed by atoms with E-state index >= 15 is 0 Å². The zero-order valence-electron chi connectivity index (χ0n) is 11.3. The molecule has 3 N–H and O–H groups in total. The standard InChI is InChI=1S/C12H15F2N3O3S/c1-16-12(18)9-3-2-4-17(9)21(19,20)10-6-7(15)5-8(13)11(10)14/h5-6,9H,2-4,15H2,1H3,(H,16,18). The van der Waals surface area contributed by atoms with Crippen LogP contribution in [0.3, 0.4) is 0 Å². The van der Waals surface area contributed by atoms with Crippen LogP contribution in [0.25, 0.3) is 0 Å². The van der Waals surface area contributed by atoms with Crippen molar-refractivity contribution in [2.75, 3.05) is 19.3 Å². The quantitative estimate of drug-likeness (QED) is 0.791. The molecule has 1 saturated heterocycles. The molecule has 116 valence electrons. The third kappa shape index (κ3) is 2.70. The van der Waals surface area contributed by atoms with Crippen LogP contribution in [0.15, 0.2) is 17.0 Å². The smallest absolute Gasteiger partial charge is 0.246 e. The topological polar surface area (TPSA) is 92.5 Å². The molecule has 0 aliphatic carbocycles. The van der Waals surface area contributed by atoms with Crippen molar-refractivity contribution in [3.8, 4) is 0 Å². The zero-order valence-corrected chi connectivity index (χ0v) is 12.1. The van der Waals surface area contributed by atoms with Crippen LogP contribution in [-0.2, 0) is 14.8 Å². The van der Waals surface area contributed by atoms with Gasteiger partial charge in [-0.3, -0.25) is 4.79 Å². The molecule has 1 aliphatic rings. The third-order valence-corrected chi connectivity index (χ3v) is 5.26. The summed E-state index contributed by atoms with van der Waals surface area (Å²) >= 11 is 0. The SMILES string of the molecule is CNC(=O)C1CCCN1S(=O)(=O)c1cc(N)cc(F)c1F. The average Bonchev–Trinajstić information content (AvgIpc) is 2.91. The van der Waals surface area contributed by atoms with Gasteiger partial charge < -0.3 is 11.1 Å². The highest BCUT2D eigenvalue weighted by Gasteiger charge is 2.40. The minimum absolute atomic E-state index is 0.0658. The molecule has 1 aromatic carbocycles. The fourth-order valence-electron chi connectivity index (χ4n) is 2.35. The molecule has 1 atom stereocenters. The number of amides is 1. The van der Waals surface area contributed by atoms with E-state index in [0.717, 1.165) is 10.4 Å². The van der Waals surface area contributed by atoms with Crippen LogP contribution in [0.4, 0.5) is 14.5 Å². The van der Waals surface area contributed by atoms with Crippen molar-refractivity contribution < 1.29 is 22.0 Å². The van der Waals surface area contributed by atoms with Gasteiger partial charge in [0.25, 0.3) is 0 Å². The fourth-order valence-corrected chi connectivity index (χ4v) is 4.12. The van der Waals surface area contributed by atoms with Gasteiger partial charge in [0.2, 0.25) is 15.9 Å². The number of benzene rings is 1. The van der Waals surface area contributed by atoms with E-state index in [1.807, 2.05) is 0 Å². The number of carbonyl (C=O) groups is 1. The first-order valence-electron chi connectivity index (χ1n) is 6.27. The van der Waals surface area contributed by atoms with Crippen LogP contribution < -0.4 is 11.1 Å². The van der Waals surface area contributed by atoms with Gasteiger partial charge in [-0.25, -0.2) is 17.2 Å². The number of nitrogens with zero attached hydrogens (tertiary/aromatic N) is 1. The Balaban J connectivity index is 2.50. The van der Waals surface area contributed by atoms with Crippen molar-refractivity contribution in [2.24, 2.45) is 0 Å². The monoisotopic (exact) mass is 319 g/mol. The molecule has 9 heteroatoms. The number of carbonyl (C=O) groups excluding carboxylic acids is 1. The Bertz CT molecular complexity index is 679. The van der Waals surface area contributed by atoms with E-state index in [2.05, 4.69) is 5.32 Å². The van der Waals surface area contributed by atoms with E-state index in [1.54, 1.807) is 0 Å². The number of nitrogens with one attached hydrogen (secondary N) is 1. The maximum atomic E-state index is 13.8. The van der Waals surface area contributed by atoms with Gasteiger partial charge in [0.05, 0.1) is 0 Å². The van der Waals surface area contributed by atoms with Crippen LogP contribution in [0.2, 0.25) is 0 Å². The van der Waals surface area contributed by atoms with E-state index in [9.17, 15) is 22.0 Å². The second-order valence-corrected chi connectivity index (χ2v) is 6.56. The highest BCUT2D eigenvalue weighted by molar-refractivity contribution is 7.89. The Morgan fingerprint density at radius 3 is 2.71 bits per heavy atom. The van der Waals surface area contributed by atoms with E-state index in [1.165, 1.54) is 7.05 Å². The number of anilines is 1.